The monoisotopic (exact) mass is 381 g/mol. The summed E-state index contributed by atoms with van der Waals surface area (Å²) in [6.07, 6.45) is 0. The van der Waals surface area contributed by atoms with Crippen molar-refractivity contribution in [1.82, 2.24) is 4.98 Å². The molecule has 0 saturated carbocycles. The lowest BCUT2D eigenvalue weighted by molar-refractivity contribution is -0.152. The topological polar surface area (TPSA) is 101 Å². The smallest absolute Gasteiger partial charge is 0.332 e. The van der Waals surface area contributed by atoms with Gasteiger partial charge in [-0.3, -0.25) is 4.79 Å². The Kier molecular flexibility index (Phi) is 6.10. The summed E-state index contributed by atoms with van der Waals surface area (Å²) in [5.41, 5.74) is 1.59. The van der Waals surface area contributed by atoms with E-state index in [4.69, 9.17) is 14.7 Å². The number of rotatable bonds is 7. The molecule has 0 fully saturated rings. The molecule has 0 spiro atoms. The van der Waals surface area contributed by atoms with Crippen molar-refractivity contribution in [2.75, 3.05) is 18.5 Å². The first-order valence-electron chi connectivity index (χ1n) is 8.02. The van der Waals surface area contributed by atoms with Gasteiger partial charge in [0.2, 0.25) is 0 Å². The average molecular weight is 381 g/mol. The number of anilines is 1. The maximum absolute atomic E-state index is 11.8. The molecular weight excluding hydrogens is 366 g/mol. The molecule has 0 atom stereocenters. The molecule has 2 aromatic carbocycles. The number of ether oxygens (including phenoxy) is 2. The lowest BCUT2D eigenvalue weighted by Gasteiger charge is -2.07. The van der Waals surface area contributed by atoms with E-state index in [0.717, 1.165) is 15.2 Å². The number of carbonyl (C=O) groups is 2. The number of nitrogens with one attached hydrogen (secondary N) is 1. The van der Waals surface area contributed by atoms with Gasteiger partial charge >= 0.3 is 5.97 Å². The van der Waals surface area contributed by atoms with Crippen molar-refractivity contribution in [1.29, 1.82) is 5.26 Å². The molecule has 0 aliphatic rings. The van der Waals surface area contributed by atoms with Crippen LogP contribution in [0.4, 0.5) is 5.69 Å². The van der Waals surface area contributed by atoms with Crippen LogP contribution < -0.4 is 5.32 Å². The third-order valence-corrected chi connectivity index (χ3v) is 4.48. The molecule has 3 rings (SSSR count). The molecule has 0 aliphatic heterocycles. The highest BCUT2D eigenvalue weighted by atomic mass is 32.1. The normalized spacial score (nSPS) is 10.3. The van der Waals surface area contributed by atoms with Crippen molar-refractivity contribution in [2.45, 2.75) is 6.61 Å². The van der Waals surface area contributed by atoms with Crippen LogP contribution in [0.1, 0.15) is 10.6 Å². The van der Waals surface area contributed by atoms with Crippen LogP contribution in [0.2, 0.25) is 0 Å². The van der Waals surface area contributed by atoms with Crippen molar-refractivity contribution in [3.05, 3.63) is 59.1 Å². The van der Waals surface area contributed by atoms with Crippen LogP contribution in [-0.4, -0.2) is 30.1 Å². The summed E-state index contributed by atoms with van der Waals surface area (Å²) in [5, 5.41) is 12.3. The highest BCUT2D eigenvalue weighted by molar-refractivity contribution is 7.18. The summed E-state index contributed by atoms with van der Waals surface area (Å²) in [5.74, 6) is -1.18. The molecule has 1 N–H and O–H groups in total. The van der Waals surface area contributed by atoms with Gasteiger partial charge in [-0.25, -0.2) is 9.78 Å². The largest absolute Gasteiger partial charge is 0.454 e. The van der Waals surface area contributed by atoms with Gasteiger partial charge in [-0.2, -0.15) is 5.26 Å². The third-order valence-electron chi connectivity index (χ3n) is 3.47. The van der Waals surface area contributed by atoms with Crippen LogP contribution in [0, 0.1) is 11.3 Å². The lowest BCUT2D eigenvalue weighted by Crippen LogP contribution is -2.23. The number of esters is 1. The Morgan fingerprint density at radius 3 is 2.70 bits per heavy atom. The minimum atomic E-state index is -0.653. The number of nitrogens with zero attached hydrogens (tertiary/aromatic N) is 2. The van der Waals surface area contributed by atoms with Crippen molar-refractivity contribution < 1.29 is 19.1 Å². The first kappa shape index (κ1) is 18.5. The van der Waals surface area contributed by atoms with Gasteiger partial charge in [0.1, 0.15) is 17.7 Å². The van der Waals surface area contributed by atoms with E-state index in [1.54, 1.807) is 24.3 Å². The summed E-state index contributed by atoms with van der Waals surface area (Å²) < 4.78 is 11.2. The van der Waals surface area contributed by atoms with E-state index < -0.39 is 18.5 Å². The number of aromatic nitrogens is 1. The summed E-state index contributed by atoms with van der Waals surface area (Å²) >= 11 is 1.49. The average Bonchev–Trinajstić information content (AvgIpc) is 3.09. The van der Waals surface area contributed by atoms with Crippen molar-refractivity contribution >= 4 is 39.1 Å². The summed E-state index contributed by atoms with van der Waals surface area (Å²) in [6.45, 7) is -0.544. The van der Waals surface area contributed by atoms with Gasteiger partial charge in [0.25, 0.3) is 5.91 Å². The molecular formula is C19H15N3O4S. The molecule has 1 aromatic heterocycles. The molecule has 7 nitrogen and oxygen atoms in total. The van der Waals surface area contributed by atoms with Gasteiger partial charge in [-0.05, 0) is 24.3 Å². The number of hydrogen-bond donors (Lipinski definition) is 1. The molecule has 0 radical (unpaired) electrons. The number of hydrogen-bond acceptors (Lipinski definition) is 7. The zero-order valence-electron chi connectivity index (χ0n) is 14.2. The van der Waals surface area contributed by atoms with Crippen molar-refractivity contribution in [3.63, 3.8) is 0 Å². The van der Waals surface area contributed by atoms with E-state index in [1.807, 2.05) is 30.3 Å². The molecule has 0 bridgehead atoms. The van der Waals surface area contributed by atoms with E-state index in [-0.39, 0.29) is 13.2 Å². The van der Waals surface area contributed by atoms with E-state index in [9.17, 15) is 9.59 Å². The fourth-order valence-corrected chi connectivity index (χ4v) is 3.17. The predicted molar refractivity (Wildman–Crippen MR) is 100 cm³/mol. The van der Waals surface area contributed by atoms with E-state index in [0.29, 0.717) is 11.3 Å². The Hall–Kier alpha value is -3.28. The van der Waals surface area contributed by atoms with Crippen LogP contribution in [0.3, 0.4) is 0 Å². The van der Waals surface area contributed by atoms with E-state index >= 15 is 0 Å². The number of amides is 1. The SMILES string of the molecule is N#Cc1ccccc1NC(=O)COC(=O)COCc1nc2ccccc2s1. The van der Waals surface area contributed by atoms with Gasteiger partial charge in [-0.15, -0.1) is 11.3 Å². The van der Waals surface area contributed by atoms with Gasteiger partial charge < -0.3 is 14.8 Å². The highest BCUT2D eigenvalue weighted by Gasteiger charge is 2.11. The molecule has 0 unspecified atom stereocenters. The second-order valence-electron chi connectivity index (χ2n) is 5.43. The van der Waals surface area contributed by atoms with E-state index in [1.165, 1.54) is 11.3 Å². The number of carbonyl (C=O) groups excluding carboxylic acids is 2. The molecule has 0 aliphatic carbocycles. The van der Waals surface area contributed by atoms with Gasteiger partial charge in [0, 0.05) is 0 Å². The number of fused-ring (bicyclic) bond motifs is 1. The third kappa shape index (κ3) is 5.10. The first-order valence-corrected chi connectivity index (χ1v) is 8.84. The summed E-state index contributed by atoms with van der Waals surface area (Å²) in [6, 6.07) is 16.2. The van der Waals surface area contributed by atoms with Crippen LogP contribution >= 0.6 is 11.3 Å². The molecule has 3 aromatic rings. The first-order chi connectivity index (χ1) is 13.2. The van der Waals surface area contributed by atoms with Crippen LogP contribution in [0.15, 0.2) is 48.5 Å². The maximum Gasteiger partial charge on any atom is 0.332 e. The predicted octanol–water partition coefficient (Wildman–Crippen LogP) is 2.87. The summed E-state index contributed by atoms with van der Waals surface area (Å²) in [7, 11) is 0. The number of nitriles is 1. The number of thiazole rings is 1. The van der Waals surface area contributed by atoms with Gasteiger partial charge in [0.05, 0.1) is 28.1 Å². The standard InChI is InChI=1S/C19H15N3O4S/c20-9-13-5-1-2-6-14(13)21-17(23)10-26-19(24)12-25-11-18-22-15-7-3-4-8-16(15)27-18/h1-8H,10-12H2,(H,21,23). The second-order valence-corrected chi connectivity index (χ2v) is 6.55. The van der Waals surface area contributed by atoms with Crippen LogP contribution in [-0.2, 0) is 25.7 Å². The zero-order chi connectivity index (χ0) is 19.1. The molecule has 8 heteroatoms. The highest BCUT2D eigenvalue weighted by Crippen LogP contribution is 2.21. The van der Waals surface area contributed by atoms with Gasteiger partial charge in [-0.1, -0.05) is 24.3 Å². The quantitative estimate of drug-likeness (QED) is 0.632. The minimum Gasteiger partial charge on any atom is -0.454 e. The molecule has 1 amide bonds. The number of benzene rings is 2. The van der Waals surface area contributed by atoms with Crippen LogP contribution in [0.5, 0.6) is 0 Å². The fraction of sp³-hybridized carbons (Fsp3) is 0.158. The fourth-order valence-electron chi connectivity index (χ4n) is 2.27. The van der Waals surface area contributed by atoms with Crippen molar-refractivity contribution in [2.24, 2.45) is 0 Å². The van der Waals surface area contributed by atoms with Crippen molar-refractivity contribution in [3.8, 4) is 6.07 Å². The Morgan fingerprint density at radius 2 is 1.89 bits per heavy atom. The lowest BCUT2D eigenvalue weighted by atomic mass is 10.2. The molecule has 1 heterocycles. The van der Waals surface area contributed by atoms with E-state index in [2.05, 4.69) is 10.3 Å². The minimum absolute atomic E-state index is 0.191. The Morgan fingerprint density at radius 1 is 1.11 bits per heavy atom. The summed E-state index contributed by atoms with van der Waals surface area (Å²) in [4.78, 5) is 27.9. The Bertz CT molecular complexity index is 976. The Labute approximate surface area is 159 Å². The van der Waals surface area contributed by atoms with Crippen LogP contribution in [0.25, 0.3) is 10.2 Å². The molecule has 136 valence electrons. The zero-order valence-corrected chi connectivity index (χ0v) is 15.0. The second kappa shape index (κ2) is 8.89. The Balaban J connectivity index is 1.40. The molecule has 27 heavy (non-hydrogen) atoms. The molecule has 0 saturated heterocycles. The number of para-hydroxylation sites is 2. The van der Waals surface area contributed by atoms with Gasteiger partial charge in [0.15, 0.2) is 6.61 Å². The maximum atomic E-state index is 11.8.